The Morgan fingerprint density at radius 2 is 1.81 bits per heavy atom. The van der Waals surface area contributed by atoms with Crippen LogP contribution in [-0.4, -0.2) is 47.7 Å². The number of rotatable bonds is 4. The number of benzene rings is 2. The highest BCUT2D eigenvalue weighted by Gasteiger charge is 2.28. The molecular formula is C19H17F2NO4. The Balaban J connectivity index is 1.77. The smallest absolute Gasteiger partial charge is 0.306 e. The molecular weight excluding hydrogens is 344 g/mol. The maximum Gasteiger partial charge on any atom is 0.306 e. The normalized spacial score (nSPS) is 17.2. The van der Waals surface area contributed by atoms with Crippen molar-refractivity contribution in [3.05, 3.63) is 59.7 Å². The molecule has 136 valence electrons. The van der Waals surface area contributed by atoms with Crippen LogP contribution in [0.5, 0.6) is 0 Å². The van der Waals surface area contributed by atoms with E-state index in [0.29, 0.717) is 11.1 Å². The Bertz CT molecular complexity index is 823. The molecule has 1 amide bonds. The van der Waals surface area contributed by atoms with Gasteiger partial charge >= 0.3 is 5.97 Å². The van der Waals surface area contributed by atoms with E-state index in [1.807, 2.05) is 0 Å². The largest absolute Gasteiger partial charge is 0.481 e. The topological polar surface area (TPSA) is 66.8 Å². The lowest BCUT2D eigenvalue weighted by Crippen LogP contribution is -2.46. The van der Waals surface area contributed by atoms with Crippen molar-refractivity contribution in [2.45, 2.75) is 12.5 Å². The zero-order valence-electron chi connectivity index (χ0n) is 13.8. The van der Waals surface area contributed by atoms with Crippen molar-refractivity contribution in [1.82, 2.24) is 4.90 Å². The molecule has 2 aromatic carbocycles. The summed E-state index contributed by atoms with van der Waals surface area (Å²) in [7, 11) is 0. The molecule has 0 saturated carbocycles. The molecule has 1 aliphatic heterocycles. The zero-order valence-corrected chi connectivity index (χ0v) is 13.8. The first-order chi connectivity index (χ1) is 12.4. The molecule has 2 aromatic rings. The molecule has 7 heteroatoms. The van der Waals surface area contributed by atoms with Crippen LogP contribution in [0.2, 0.25) is 0 Å². The first-order valence-corrected chi connectivity index (χ1v) is 8.12. The number of carboxylic acid groups (broad SMARTS) is 1. The van der Waals surface area contributed by atoms with Gasteiger partial charge in [0.15, 0.2) is 0 Å². The number of aliphatic carboxylic acids is 1. The average Bonchev–Trinajstić information content (AvgIpc) is 2.61. The van der Waals surface area contributed by atoms with Gasteiger partial charge in [0.25, 0.3) is 5.91 Å². The molecule has 1 saturated heterocycles. The number of ether oxygens (including phenoxy) is 1. The van der Waals surface area contributed by atoms with Crippen molar-refractivity contribution < 1.29 is 28.2 Å². The summed E-state index contributed by atoms with van der Waals surface area (Å²) in [4.78, 5) is 24.8. The first-order valence-electron chi connectivity index (χ1n) is 8.12. The number of hydrogen-bond donors (Lipinski definition) is 1. The van der Waals surface area contributed by atoms with Crippen LogP contribution in [-0.2, 0) is 9.53 Å². The molecule has 1 heterocycles. The van der Waals surface area contributed by atoms with Crippen LogP contribution in [0.4, 0.5) is 8.78 Å². The molecule has 1 aliphatic rings. The second-order valence-electron chi connectivity index (χ2n) is 6.04. The Morgan fingerprint density at radius 1 is 1.12 bits per heavy atom. The van der Waals surface area contributed by atoms with Crippen LogP contribution in [0.1, 0.15) is 16.8 Å². The quantitative estimate of drug-likeness (QED) is 0.909. The van der Waals surface area contributed by atoms with Gasteiger partial charge in [-0.1, -0.05) is 18.2 Å². The maximum atomic E-state index is 14.5. The second-order valence-corrected chi connectivity index (χ2v) is 6.04. The summed E-state index contributed by atoms with van der Waals surface area (Å²) in [5, 5.41) is 8.84. The van der Waals surface area contributed by atoms with E-state index in [9.17, 15) is 18.4 Å². The maximum absolute atomic E-state index is 14.5. The Hall–Kier alpha value is -2.80. The van der Waals surface area contributed by atoms with E-state index in [2.05, 4.69) is 0 Å². The molecule has 0 unspecified atom stereocenters. The van der Waals surface area contributed by atoms with Crippen LogP contribution in [0.25, 0.3) is 11.1 Å². The van der Waals surface area contributed by atoms with Gasteiger partial charge in [0.05, 0.1) is 24.7 Å². The minimum Gasteiger partial charge on any atom is -0.481 e. The molecule has 0 aliphatic carbocycles. The predicted octanol–water partition coefficient (Wildman–Crippen LogP) is 2.95. The van der Waals surface area contributed by atoms with Gasteiger partial charge in [-0.3, -0.25) is 9.59 Å². The van der Waals surface area contributed by atoms with Crippen molar-refractivity contribution in [2.24, 2.45) is 0 Å². The van der Waals surface area contributed by atoms with Gasteiger partial charge in [0, 0.05) is 13.1 Å². The Labute approximate surface area is 148 Å². The van der Waals surface area contributed by atoms with E-state index in [4.69, 9.17) is 9.84 Å². The molecule has 1 N–H and O–H groups in total. The van der Waals surface area contributed by atoms with Crippen LogP contribution in [0.3, 0.4) is 0 Å². The fourth-order valence-electron chi connectivity index (χ4n) is 2.90. The van der Waals surface area contributed by atoms with E-state index in [0.717, 1.165) is 0 Å². The molecule has 0 radical (unpaired) electrons. The monoisotopic (exact) mass is 361 g/mol. The molecule has 0 aromatic heterocycles. The van der Waals surface area contributed by atoms with Crippen LogP contribution >= 0.6 is 0 Å². The van der Waals surface area contributed by atoms with Gasteiger partial charge < -0.3 is 14.7 Å². The fraction of sp³-hybridized carbons (Fsp3) is 0.263. The molecule has 0 bridgehead atoms. The fourth-order valence-corrected chi connectivity index (χ4v) is 2.90. The number of halogens is 2. The third kappa shape index (κ3) is 4.05. The van der Waals surface area contributed by atoms with Crippen molar-refractivity contribution in [1.29, 1.82) is 0 Å². The lowest BCUT2D eigenvalue weighted by molar-refractivity contribution is -0.141. The van der Waals surface area contributed by atoms with E-state index >= 15 is 0 Å². The molecule has 0 spiro atoms. The summed E-state index contributed by atoms with van der Waals surface area (Å²) in [5.41, 5.74) is 1.08. The van der Waals surface area contributed by atoms with E-state index in [1.165, 1.54) is 41.3 Å². The number of carbonyl (C=O) groups excluding carboxylic acids is 1. The lowest BCUT2D eigenvalue weighted by atomic mass is 10.0. The second kappa shape index (κ2) is 7.61. The van der Waals surface area contributed by atoms with Crippen LogP contribution in [0.15, 0.2) is 42.5 Å². The molecule has 5 nitrogen and oxygen atoms in total. The lowest BCUT2D eigenvalue weighted by Gasteiger charge is -2.32. The minimum atomic E-state index is -1.01. The highest BCUT2D eigenvalue weighted by Crippen LogP contribution is 2.23. The number of amides is 1. The Morgan fingerprint density at radius 3 is 2.46 bits per heavy atom. The predicted molar refractivity (Wildman–Crippen MR) is 89.7 cm³/mol. The minimum absolute atomic E-state index is 0.0909. The standard InChI is InChI=1S/C19H17F2NO4/c20-14-4-1-12(2-5-14)13-3-6-16(17(21)9-13)19(25)22-7-8-26-15(11-22)10-18(23)24/h1-6,9,15H,7-8,10-11H2,(H,23,24)/t15-/m1/s1. The van der Waals surface area contributed by atoms with Gasteiger partial charge in [-0.25, -0.2) is 8.78 Å². The average molecular weight is 361 g/mol. The highest BCUT2D eigenvalue weighted by atomic mass is 19.1. The van der Waals surface area contributed by atoms with Gasteiger partial charge in [-0.15, -0.1) is 0 Å². The number of morpholine rings is 1. The van der Waals surface area contributed by atoms with Crippen LogP contribution < -0.4 is 0 Å². The van der Waals surface area contributed by atoms with E-state index in [1.54, 1.807) is 6.07 Å². The molecule has 26 heavy (non-hydrogen) atoms. The summed E-state index contributed by atoms with van der Waals surface area (Å²) >= 11 is 0. The van der Waals surface area contributed by atoms with E-state index in [-0.39, 0.29) is 37.5 Å². The number of hydrogen-bond acceptors (Lipinski definition) is 3. The Kier molecular flexibility index (Phi) is 5.27. The molecule has 1 fully saturated rings. The third-order valence-electron chi connectivity index (χ3n) is 4.21. The summed E-state index contributed by atoms with van der Waals surface area (Å²) in [5.74, 6) is -2.59. The SMILES string of the molecule is O=C(O)C[C@@H]1CN(C(=O)c2ccc(-c3ccc(F)cc3)cc2F)CCO1. The van der Waals surface area contributed by atoms with Crippen molar-refractivity contribution >= 4 is 11.9 Å². The van der Waals surface area contributed by atoms with E-state index < -0.39 is 23.8 Å². The molecule has 1 atom stereocenters. The van der Waals surface area contributed by atoms with Gasteiger partial charge in [0.2, 0.25) is 0 Å². The van der Waals surface area contributed by atoms with Crippen molar-refractivity contribution in [3.8, 4) is 11.1 Å². The summed E-state index contributed by atoms with van der Waals surface area (Å²) in [6.45, 7) is 0.581. The van der Waals surface area contributed by atoms with Gasteiger partial charge in [-0.2, -0.15) is 0 Å². The van der Waals surface area contributed by atoms with Crippen LogP contribution in [0, 0.1) is 11.6 Å². The van der Waals surface area contributed by atoms with Crippen molar-refractivity contribution in [2.75, 3.05) is 19.7 Å². The summed E-state index contributed by atoms with van der Waals surface area (Å²) in [6, 6.07) is 9.84. The highest BCUT2D eigenvalue weighted by molar-refractivity contribution is 5.95. The zero-order chi connectivity index (χ0) is 18.7. The summed E-state index contributed by atoms with van der Waals surface area (Å²) in [6.07, 6.45) is -0.817. The van der Waals surface area contributed by atoms with Crippen molar-refractivity contribution in [3.63, 3.8) is 0 Å². The summed E-state index contributed by atoms with van der Waals surface area (Å²) < 4.78 is 32.8. The molecule has 3 rings (SSSR count). The number of carboxylic acids is 1. The first kappa shape index (κ1) is 18.0. The van der Waals surface area contributed by atoms with Gasteiger partial charge in [-0.05, 0) is 35.4 Å². The number of carbonyl (C=O) groups is 2. The number of nitrogens with zero attached hydrogens (tertiary/aromatic N) is 1. The van der Waals surface area contributed by atoms with Gasteiger partial charge in [0.1, 0.15) is 11.6 Å². The third-order valence-corrected chi connectivity index (χ3v) is 4.21.